The normalized spacial score (nSPS) is 15.2. The van der Waals surface area contributed by atoms with E-state index in [2.05, 4.69) is 5.32 Å². The fourth-order valence-corrected chi connectivity index (χ4v) is 1.51. The standard InChI is InChI=1S/C11H13FN2O2/c12-10-5-2-1-4-9(10)8-13-11(15)14-6-3-7-16-14/h1-2,4-5H,3,6-8H2,(H,13,15). The maximum absolute atomic E-state index is 13.2. The lowest BCUT2D eigenvalue weighted by molar-refractivity contribution is -0.0663. The SMILES string of the molecule is O=C(NCc1ccccc1F)N1CCCO1. The van der Waals surface area contributed by atoms with E-state index in [4.69, 9.17) is 4.84 Å². The van der Waals surface area contributed by atoms with Crippen molar-refractivity contribution < 1.29 is 14.0 Å². The Kier molecular flexibility index (Phi) is 3.36. The lowest BCUT2D eigenvalue weighted by atomic mass is 10.2. The zero-order chi connectivity index (χ0) is 11.4. The van der Waals surface area contributed by atoms with Gasteiger partial charge in [0.15, 0.2) is 0 Å². The molecule has 0 unspecified atom stereocenters. The van der Waals surface area contributed by atoms with Gasteiger partial charge in [-0.15, -0.1) is 0 Å². The maximum Gasteiger partial charge on any atom is 0.341 e. The van der Waals surface area contributed by atoms with Gasteiger partial charge >= 0.3 is 6.03 Å². The van der Waals surface area contributed by atoms with Crippen molar-refractivity contribution in [2.75, 3.05) is 13.2 Å². The Hall–Kier alpha value is -1.62. The Labute approximate surface area is 93.0 Å². The summed E-state index contributed by atoms with van der Waals surface area (Å²) in [6.45, 7) is 1.32. The minimum Gasteiger partial charge on any atom is -0.332 e. The Bertz CT molecular complexity index is 378. The molecule has 1 aromatic carbocycles. The number of rotatable bonds is 2. The summed E-state index contributed by atoms with van der Waals surface area (Å²) >= 11 is 0. The van der Waals surface area contributed by atoms with Crippen molar-refractivity contribution in [3.05, 3.63) is 35.6 Å². The summed E-state index contributed by atoms with van der Waals surface area (Å²) in [6.07, 6.45) is 0.840. The molecule has 2 rings (SSSR count). The number of nitrogens with one attached hydrogen (secondary N) is 1. The number of benzene rings is 1. The molecule has 2 amide bonds. The van der Waals surface area contributed by atoms with E-state index in [1.54, 1.807) is 18.2 Å². The van der Waals surface area contributed by atoms with Gasteiger partial charge in [-0.1, -0.05) is 18.2 Å². The van der Waals surface area contributed by atoms with Crippen LogP contribution in [0.5, 0.6) is 0 Å². The van der Waals surface area contributed by atoms with Crippen molar-refractivity contribution in [2.24, 2.45) is 0 Å². The quantitative estimate of drug-likeness (QED) is 0.830. The largest absolute Gasteiger partial charge is 0.341 e. The van der Waals surface area contributed by atoms with Gasteiger partial charge in [-0.05, 0) is 12.5 Å². The van der Waals surface area contributed by atoms with E-state index in [0.29, 0.717) is 18.7 Å². The third-order valence-corrected chi connectivity index (χ3v) is 2.37. The summed E-state index contributed by atoms with van der Waals surface area (Å²) in [7, 11) is 0. The molecule has 0 aromatic heterocycles. The molecule has 0 bridgehead atoms. The molecule has 1 fully saturated rings. The number of carbonyl (C=O) groups excluding carboxylic acids is 1. The zero-order valence-corrected chi connectivity index (χ0v) is 8.78. The highest BCUT2D eigenvalue weighted by atomic mass is 19.1. The molecule has 86 valence electrons. The maximum atomic E-state index is 13.2. The number of hydrogen-bond acceptors (Lipinski definition) is 2. The number of hydrogen-bond donors (Lipinski definition) is 1. The second-order valence-corrected chi connectivity index (χ2v) is 3.54. The topological polar surface area (TPSA) is 41.6 Å². The van der Waals surface area contributed by atoms with Gasteiger partial charge in [0.05, 0.1) is 13.2 Å². The summed E-state index contributed by atoms with van der Waals surface area (Å²) in [4.78, 5) is 16.6. The van der Waals surface area contributed by atoms with Crippen LogP contribution in [0.4, 0.5) is 9.18 Å². The van der Waals surface area contributed by atoms with Crippen molar-refractivity contribution in [1.29, 1.82) is 0 Å². The summed E-state index contributed by atoms with van der Waals surface area (Å²) in [5.41, 5.74) is 0.468. The van der Waals surface area contributed by atoms with E-state index in [-0.39, 0.29) is 18.4 Å². The van der Waals surface area contributed by atoms with Gasteiger partial charge in [-0.2, -0.15) is 0 Å². The summed E-state index contributed by atoms with van der Waals surface area (Å²) in [5, 5.41) is 3.87. The minimum absolute atomic E-state index is 0.172. The van der Waals surface area contributed by atoms with Gasteiger partial charge in [-0.3, -0.25) is 4.84 Å². The van der Waals surface area contributed by atoms with E-state index >= 15 is 0 Å². The predicted octanol–water partition coefficient (Wildman–Crippen LogP) is 1.67. The van der Waals surface area contributed by atoms with Gasteiger partial charge in [0.25, 0.3) is 0 Å². The first-order chi connectivity index (χ1) is 7.77. The predicted molar refractivity (Wildman–Crippen MR) is 55.9 cm³/mol. The first-order valence-electron chi connectivity index (χ1n) is 5.19. The number of carbonyl (C=O) groups is 1. The van der Waals surface area contributed by atoms with Crippen LogP contribution in [0.3, 0.4) is 0 Å². The van der Waals surface area contributed by atoms with Gasteiger partial charge in [-0.25, -0.2) is 14.2 Å². The van der Waals surface area contributed by atoms with Crippen LogP contribution >= 0.6 is 0 Å². The van der Waals surface area contributed by atoms with Crippen LogP contribution in [0.1, 0.15) is 12.0 Å². The van der Waals surface area contributed by atoms with Crippen LogP contribution < -0.4 is 5.32 Å². The molecule has 0 atom stereocenters. The molecule has 0 saturated carbocycles. The highest BCUT2D eigenvalue weighted by Gasteiger charge is 2.18. The van der Waals surface area contributed by atoms with Crippen LogP contribution in [0.25, 0.3) is 0 Å². The number of halogens is 1. The molecule has 16 heavy (non-hydrogen) atoms. The lowest BCUT2D eigenvalue weighted by Crippen LogP contribution is -2.36. The van der Waals surface area contributed by atoms with Crippen LogP contribution in [0.15, 0.2) is 24.3 Å². The van der Waals surface area contributed by atoms with Gasteiger partial charge < -0.3 is 5.32 Å². The molecule has 1 saturated heterocycles. The smallest absolute Gasteiger partial charge is 0.332 e. The van der Waals surface area contributed by atoms with Crippen LogP contribution in [-0.4, -0.2) is 24.2 Å². The molecular formula is C11H13FN2O2. The molecular weight excluding hydrogens is 211 g/mol. The van der Waals surface area contributed by atoms with Crippen molar-refractivity contribution in [3.63, 3.8) is 0 Å². The first-order valence-corrected chi connectivity index (χ1v) is 5.19. The molecule has 1 aliphatic rings. The number of hydroxylamine groups is 2. The molecule has 1 heterocycles. The van der Waals surface area contributed by atoms with Crippen molar-refractivity contribution in [2.45, 2.75) is 13.0 Å². The Balaban J connectivity index is 1.87. The summed E-state index contributed by atoms with van der Waals surface area (Å²) < 4.78 is 13.2. The second kappa shape index (κ2) is 4.94. The van der Waals surface area contributed by atoms with E-state index in [0.717, 1.165) is 6.42 Å². The molecule has 1 N–H and O–H groups in total. The van der Waals surface area contributed by atoms with Crippen molar-refractivity contribution >= 4 is 6.03 Å². The molecule has 0 radical (unpaired) electrons. The minimum atomic E-state index is -0.319. The lowest BCUT2D eigenvalue weighted by Gasteiger charge is -2.14. The molecule has 5 heteroatoms. The molecule has 1 aliphatic heterocycles. The van der Waals surface area contributed by atoms with E-state index < -0.39 is 0 Å². The Morgan fingerprint density at radius 2 is 2.31 bits per heavy atom. The fraction of sp³-hybridized carbons (Fsp3) is 0.364. The van der Waals surface area contributed by atoms with E-state index in [9.17, 15) is 9.18 Å². The van der Waals surface area contributed by atoms with Crippen molar-refractivity contribution in [1.82, 2.24) is 10.4 Å². The second-order valence-electron chi connectivity index (χ2n) is 3.54. The number of amides is 2. The number of urea groups is 1. The van der Waals surface area contributed by atoms with E-state index in [1.807, 2.05) is 0 Å². The molecule has 0 aliphatic carbocycles. The van der Waals surface area contributed by atoms with Crippen LogP contribution in [0.2, 0.25) is 0 Å². The van der Waals surface area contributed by atoms with Gasteiger partial charge in [0, 0.05) is 12.1 Å². The fourth-order valence-electron chi connectivity index (χ4n) is 1.51. The average molecular weight is 224 g/mol. The summed E-state index contributed by atoms with van der Waals surface area (Å²) in [6, 6.07) is 6.04. The third-order valence-electron chi connectivity index (χ3n) is 2.37. The zero-order valence-electron chi connectivity index (χ0n) is 8.78. The Morgan fingerprint density at radius 1 is 1.50 bits per heavy atom. The van der Waals surface area contributed by atoms with Crippen LogP contribution in [-0.2, 0) is 11.4 Å². The highest BCUT2D eigenvalue weighted by Crippen LogP contribution is 2.07. The van der Waals surface area contributed by atoms with E-state index in [1.165, 1.54) is 11.1 Å². The highest BCUT2D eigenvalue weighted by molar-refractivity contribution is 5.73. The monoisotopic (exact) mass is 224 g/mol. The molecule has 1 aromatic rings. The van der Waals surface area contributed by atoms with Crippen molar-refractivity contribution in [3.8, 4) is 0 Å². The van der Waals surface area contributed by atoms with Crippen LogP contribution in [0, 0.1) is 5.82 Å². The van der Waals surface area contributed by atoms with Gasteiger partial charge in [0.2, 0.25) is 0 Å². The first kappa shape index (κ1) is 10.9. The summed E-state index contributed by atoms with van der Waals surface area (Å²) in [5.74, 6) is -0.315. The molecule has 4 nitrogen and oxygen atoms in total. The Morgan fingerprint density at radius 3 is 3.00 bits per heavy atom. The molecule has 0 spiro atoms. The third kappa shape index (κ3) is 2.49. The van der Waals surface area contributed by atoms with Gasteiger partial charge in [0.1, 0.15) is 5.82 Å². The average Bonchev–Trinajstić information content (AvgIpc) is 2.81. The number of nitrogens with zero attached hydrogens (tertiary/aromatic N) is 1.